The largest absolute Gasteiger partial charge is 0.472 e. The van der Waals surface area contributed by atoms with Gasteiger partial charge in [0, 0.05) is 6.42 Å². The third-order valence-electron chi connectivity index (χ3n) is 11.0. The summed E-state index contributed by atoms with van der Waals surface area (Å²) in [6.07, 6.45) is 80.7. The van der Waals surface area contributed by atoms with Crippen LogP contribution >= 0.6 is 7.82 Å². The van der Waals surface area contributed by atoms with Crippen LogP contribution in [0.4, 0.5) is 0 Å². The smallest absolute Gasteiger partial charge is 0.387 e. The third-order valence-corrected chi connectivity index (χ3v) is 12.0. The lowest BCUT2D eigenvalue weighted by atomic mass is 10.1. The van der Waals surface area contributed by atoms with Gasteiger partial charge < -0.3 is 19.8 Å². The van der Waals surface area contributed by atoms with Crippen LogP contribution in [0.15, 0.2) is 158 Å². The number of phosphoric acid groups is 1. The maximum Gasteiger partial charge on any atom is 0.472 e. The van der Waals surface area contributed by atoms with E-state index in [4.69, 9.17) is 9.05 Å². The zero-order valence-electron chi connectivity index (χ0n) is 45.4. The van der Waals surface area contributed by atoms with Crippen molar-refractivity contribution < 1.29 is 32.9 Å². The zero-order chi connectivity index (χ0) is 52.0. The minimum Gasteiger partial charge on any atom is -0.387 e. The molecule has 0 aromatic rings. The molecule has 0 radical (unpaired) electrons. The Bertz CT molecular complexity index is 1700. The predicted octanol–water partition coefficient (Wildman–Crippen LogP) is 16.7. The quantitative estimate of drug-likeness (QED) is 0.0243. The normalized spacial score (nSPS) is 15.2. The number of likely N-dealkylation sites (N-methyl/N-ethyl adjacent to an activating group) is 1. The summed E-state index contributed by atoms with van der Waals surface area (Å²) in [7, 11) is 1.51. The molecular formula is C62H102N2O6P+. The van der Waals surface area contributed by atoms with Crippen molar-refractivity contribution in [3.63, 3.8) is 0 Å². The fraction of sp³-hybridized carbons (Fsp3) is 0.565. The van der Waals surface area contributed by atoms with Crippen molar-refractivity contribution in [3.05, 3.63) is 158 Å². The minimum atomic E-state index is -4.36. The summed E-state index contributed by atoms with van der Waals surface area (Å²) in [5.74, 6) is -0.216. The number of phosphoric ester groups is 1. The molecule has 3 unspecified atom stereocenters. The Kier molecular flexibility index (Phi) is 48.2. The summed E-state index contributed by atoms with van der Waals surface area (Å²) in [5.41, 5.74) is 0. The van der Waals surface area contributed by atoms with E-state index in [9.17, 15) is 19.4 Å². The molecule has 0 heterocycles. The number of allylic oxidation sites excluding steroid dienone is 25. The van der Waals surface area contributed by atoms with Crippen LogP contribution in [0.25, 0.3) is 0 Å². The Hall–Kier alpha value is -3.88. The molecule has 0 aromatic heterocycles. The van der Waals surface area contributed by atoms with Gasteiger partial charge in [-0.1, -0.05) is 210 Å². The molecule has 71 heavy (non-hydrogen) atoms. The van der Waals surface area contributed by atoms with Crippen LogP contribution in [-0.2, 0) is 18.4 Å². The lowest BCUT2D eigenvalue weighted by Crippen LogP contribution is -2.45. The lowest BCUT2D eigenvalue weighted by molar-refractivity contribution is -0.870. The number of hydrogen-bond donors (Lipinski definition) is 3. The first-order chi connectivity index (χ1) is 34.5. The predicted molar refractivity (Wildman–Crippen MR) is 308 cm³/mol. The van der Waals surface area contributed by atoms with Gasteiger partial charge in [0.25, 0.3) is 0 Å². The number of rotatable bonds is 47. The van der Waals surface area contributed by atoms with Crippen molar-refractivity contribution in [1.82, 2.24) is 5.32 Å². The molecule has 400 valence electrons. The molecule has 0 bridgehead atoms. The van der Waals surface area contributed by atoms with Crippen molar-refractivity contribution in [2.45, 2.75) is 187 Å². The van der Waals surface area contributed by atoms with Gasteiger partial charge in [0.05, 0.1) is 39.9 Å². The number of quaternary nitrogens is 1. The van der Waals surface area contributed by atoms with Crippen LogP contribution in [-0.4, -0.2) is 73.4 Å². The van der Waals surface area contributed by atoms with E-state index in [2.05, 4.69) is 165 Å². The van der Waals surface area contributed by atoms with Crippen LogP contribution in [0.1, 0.15) is 174 Å². The topological polar surface area (TPSA) is 105 Å². The van der Waals surface area contributed by atoms with Gasteiger partial charge in [0.15, 0.2) is 0 Å². The number of hydrogen-bond acceptors (Lipinski definition) is 5. The Labute approximate surface area is 435 Å². The van der Waals surface area contributed by atoms with Crippen molar-refractivity contribution >= 4 is 13.7 Å². The number of nitrogens with zero attached hydrogens (tertiary/aromatic N) is 1. The third kappa shape index (κ3) is 53.7. The van der Waals surface area contributed by atoms with Crippen LogP contribution in [0.3, 0.4) is 0 Å². The van der Waals surface area contributed by atoms with Crippen LogP contribution in [0.5, 0.6) is 0 Å². The number of aliphatic hydroxyl groups is 1. The van der Waals surface area contributed by atoms with E-state index >= 15 is 0 Å². The first kappa shape index (κ1) is 67.1. The van der Waals surface area contributed by atoms with E-state index < -0.39 is 20.0 Å². The highest BCUT2D eigenvalue weighted by Crippen LogP contribution is 2.43. The van der Waals surface area contributed by atoms with Crippen LogP contribution in [0.2, 0.25) is 0 Å². The summed E-state index contributed by atoms with van der Waals surface area (Å²) in [6, 6.07) is -0.884. The maximum atomic E-state index is 12.9. The van der Waals surface area contributed by atoms with Crippen molar-refractivity contribution in [1.29, 1.82) is 0 Å². The number of aliphatic hydroxyl groups excluding tert-OH is 1. The van der Waals surface area contributed by atoms with Crippen molar-refractivity contribution in [2.75, 3.05) is 40.9 Å². The summed E-state index contributed by atoms with van der Waals surface area (Å²) in [4.78, 5) is 23.1. The molecule has 0 rings (SSSR count). The van der Waals surface area contributed by atoms with E-state index in [0.29, 0.717) is 17.4 Å². The fourth-order valence-corrected chi connectivity index (χ4v) is 7.44. The summed E-state index contributed by atoms with van der Waals surface area (Å²) >= 11 is 0. The summed E-state index contributed by atoms with van der Waals surface area (Å²) in [5, 5.41) is 13.8. The van der Waals surface area contributed by atoms with Gasteiger partial charge in [0.1, 0.15) is 13.2 Å². The first-order valence-corrected chi connectivity index (χ1v) is 28.9. The van der Waals surface area contributed by atoms with E-state index in [0.717, 1.165) is 128 Å². The highest BCUT2D eigenvalue weighted by atomic mass is 31.2. The summed E-state index contributed by atoms with van der Waals surface area (Å²) in [6.45, 7) is 4.59. The Morgan fingerprint density at radius 1 is 0.493 bits per heavy atom. The molecule has 1 amide bonds. The molecular weight excluding hydrogens is 900 g/mol. The molecule has 0 spiro atoms. The SMILES string of the molecule is CC/C=C\C/C=C\C/C=C\C/C=C\C/C=C\C/C=C\C/C=C\C/C=C\C/C=C\C/C=C\C/C=C\CCCCCCCC(=O)NC(COP(=O)(O)OCC[N+](C)(C)C)C(O)/C=C/CC/C=C/CCCCCC. The second-order valence-electron chi connectivity index (χ2n) is 18.9. The second kappa shape index (κ2) is 51.0. The van der Waals surface area contributed by atoms with Gasteiger partial charge >= 0.3 is 7.82 Å². The average Bonchev–Trinajstić information content (AvgIpc) is 3.33. The maximum absolute atomic E-state index is 12.9. The van der Waals surface area contributed by atoms with E-state index in [-0.39, 0.29) is 19.1 Å². The van der Waals surface area contributed by atoms with Gasteiger partial charge in [-0.15, -0.1) is 0 Å². The van der Waals surface area contributed by atoms with Crippen molar-refractivity contribution in [2.24, 2.45) is 0 Å². The molecule has 0 fully saturated rings. The lowest BCUT2D eigenvalue weighted by Gasteiger charge is -2.25. The molecule has 0 aliphatic carbocycles. The van der Waals surface area contributed by atoms with E-state index in [1.807, 2.05) is 27.2 Å². The standard InChI is InChI=1S/C62H101N2O6P/c1-6-8-10-12-14-16-18-19-20-21-22-23-24-25-26-27-28-29-30-31-32-33-34-35-36-37-38-39-40-41-42-43-44-45-46-48-50-52-54-56-62(66)63-60(59-70-71(67,68)69-58-57-64(3,4)5)61(65)55-53-51-49-47-17-15-13-11-9-7-2/h8,10,14,16-17,19-20,22-23,25-26,28-29,31-32,34-35,37-38,40-41,43-44,47,53,55,60-61,65H,6-7,9,11-13,15,18,21,24,27,30,33,36,39,42,45-46,48-52,54,56-59H2,1-5H3,(H-,63,66,67,68)/p+1/b10-8-,16-14-,20-19-,23-22-,26-25-,29-28-,32-31-,35-34-,38-37-,41-40-,44-43-,47-17+,55-53+. The number of nitrogens with one attached hydrogen (secondary N) is 1. The van der Waals surface area contributed by atoms with Crippen molar-refractivity contribution in [3.8, 4) is 0 Å². The number of amides is 1. The Morgan fingerprint density at radius 3 is 1.30 bits per heavy atom. The molecule has 0 aromatic carbocycles. The van der Waals surface area contributed by atoms with Gasteiger partial charge in [0.2, 0.25) is 5.91 Å². The molecule has 9 heteroatoms. The monoisotopic (exact) mass is 1000 g/mol. The average molecular weight is 1000 g/mol. The highest BCUT2D eigenvalue weighted by molar-refractivity contribution is 7.47. The number of carbonyl (C=O) groups excluding carboxylic acids is 1. The van der Waals surface area contributed by atoms with Gasteiger partial charge in [-0.2, -0.15) is 0 Å². The van der Waals surface area contributed by atoms with Crippen LogP contribution in [0, 0.1) is 0 Å². The highest BCUT2D eigenvalue weighted by Gasteiger charge is 2.27. The number of unbranched alkanes of at least 4 members (excludes halogenated alkanes) is 10. The first-order valence-electron chi connectivity index (χ1n) is 27.4. The second-order valence-corrected chi connectivity index (χ2v) is 20.3. The Morgan fingerprint density at radius 2 is 0.859 bits per heavy atom. The van der Waals surface area contributed by atoms with Gasteiger partial charge in [-0.25, -0.2) is 4.57 Å². The molecule has 0 saturated heterocycles. The fourth-order valence-electron chi connectivity index (χ4n) is 6.71. The summed E-state index contributed by atoms with van der Waals surface area (Å²) < 4.78 is 23.5. The van der Waals surface area contributed by atoms with Gasteiger partial charge in [-0.05, 0) is 116 Å². The van der Waals surface area contributed by atoms with Crippen LogP contribution < -0.4 is 5.32 Å². The molecule has 3 atom stereocenters. The Balaban J connectivity index is 4.18. The van der Waals surface area contributed by atoms with Gasteiger partial charge in [-0.3, -0.25) is 13.8 Å². The zero-order valence-corrected chi connectivity index (χ0v) is 46.3. The molecule has 0 aliphatic heterocycles. The molecule has 3 N–H and O–H groups in total. The molecule has 8 nitrogen and oxygen atoms in total. The number of carbonyl (C=O) groups is 1. The minimum absolute atomic E-state index is 0.0430. The van der Waals surface area contributed by atoms with E-state index in [1.54, 1.807) is 6.08 Å². The molecule has 0 aliphatic rings. The molecule has 0 saturated carbocycles. The van der Waals surface area contributed by atoms with E-state index in [1.165, 1.54) is 25.7 Å².